The first-order valence-electron chi connectivity index (χ1n) is 5.05. The molecule has 0 aromatic rings. The molecule has 0 aliphatic carbocycles. The minimum absolute atomic E-state index is 0.218. The van der Waals surface area contributed by atoms with Gasteiger partial charge in [0, 0.05) is 37.4 Å². The van der Waals surface area contributed by atoms with Gasteiger partial charge in [0.2, 0.25) is 0 Å². The standard InChI is InChI=1S/C9H20N4/c1-9(2,3)13-5-8-7(4-12-13)10-6-11-8/h7-8,10-12H,4-6H2,1-3H3. The van der Waals surface area contributed by atoms with E-state index in [2.05, 4.69) is 41.8 Å². The van der Waals surface area contributed by atoms with E-state index < -0.39 is 0 Å². The van der Waals surface area contributed by atoms with Gasteiger partial charge in [0.15, 0.2) is 0 Å². The second-order valence-corrected chi connectivity index (χ2v) is 4.94. The van der Waals surface area contributed by atoms with Crippen molar-refractivity contribution in [3.63, 3.8) is 0 Å². The maximum absolute atomic E-state index is 3.47. The molecule has 2 fully saturated rings. The minimum Gasteiger partial charge on any atom is -0.299 e. The van der Waals surface area contributed by atoms with Crippen LogP contribution in [0.3, 0.4) is 0 Å². The molecule has 0 radical (unpaired) electrons. The molecule has 0 saturated carbocycles. The van der Waals surface area contributed by atoms with Gasteiger partial charge in [0.1, 0.15) is 0 Å². The van der Waals surface area contributed by atoms with E-state index in [1.165, 1.54) is 0 Å². The van der Waals surface area contributed by atoms with Crippen LogP contribution in [0.4, 0.5) is 0 Å². The molecule has 0 amide bonds. The summed E-state index contributed by atoms with van der Waals surface area (Å²) >= 11 is 0. The lowest BCUT2D eigenvalue weighted by Crippen LogP contribution is -2.64. The molecule has 13 heavy (non-hydrogen) atoms. The average molecular weight is 184 g/mol. The number of nitrogens with zero attached hydrogens (tertiary/aromatic N) is 1. The van der Waals surface area contributed by atoms with Gasteiger partial charge in [0.05, 0.1) is 0 Å². The molecule has 2 aliphatic rings. The first-order chi connectivity index (χ1) is 6.07. The van der Waals surface area contributed by atoms with E-state index in [-0.39, 0.29) is 5.54 Å². The smallest absolute Gasteiger partial charge is 0.0460 e. The van der Waals surface area contributed by atoms with Crippen LogP contribution in [-0.4, -0.2) is 42.4 Å². The third-order valence-corrected chi connectivity index (χ3v) is 2.91. The van der Waals surface area contributed by atoms with Gasteiger partial charge in [-0.3, -0.25) is 16.1 Å². The number of hydrogen-bond donors (Lipinski definition) is 3. The molecule has 0 bridgehead atoms. The zero-order valence-electron chi connectivity index (χ0n) is 8.72. The van der Waals surface area contributed by atoms with E-state index in [1.54, 1.807) is 0 Å². The molecule has 76 valence electrons. The summed E-state index contributed by atoms with van der Waals surface area (Å²) in [6.07, 6.45) is 0. The molecule has 2 saturated heterocycles. The molecule has 4 nitrogen and oxygen atoms in total. The van der Waals surface area contributed by atoms with Crippen molar-refractivity contribution in [3.8, 4) is 0 Å². The second-order valence-electron chi connectivity index (χ2n) is 4.94. The number of hydrogen-bond acceptors (Lipinski definition) is 4. The minimum atomic E-state index is 0.218. The summed E-state index contributed by atoms with van der Waals surface area (Å²) in [5.74, 6) is 0. The van der Waals surface area contributed by atoms with Crippen molar-refractivity contribution in [1.82, 2.24) is 21.1 Å². The van der Waals surface area contributed by atoms with Gasteiger partial charge in [-0.15, -0.1) is 0 Å². The largest absolute Gasteiger partial charge is 0.299 e. The molecule has 3 N–H and O–H groups in total. The Morgan fingerprint density at radius 3 is 2.54 bits per heavy atom. The Labute approximate surface area is 80.0 Å². The van der Waals surface area contributed by atoms with E-state index in [1.807, 2.05) is 0 Å². The fraction of sp³-hybridized carbons (Fsp3) is 1.00. The Hall–Kier alpha value is -0.160. The van der Waals surface area contributed by atoms with Crippen molar-refractivity contribution < 1.29 is 0 Å². The second kappa shape index (κ2) is 3.20. The van der Waals surface area contributed by atoms with E-state index in [0.29, 0.717) is 12.1 Å². The van der Waals surface area contributed by atoms with E-state index in [0.717, 1.165) is 19.8 Å². The highest BCUT2D eigenvalue weighted by Gasteiger charge is 2.35. The molecule has 2 atom stereocenters. The monoisotopic (exact) mass is 184 g/mol. The molecule has 2 aliphatic heterocycles. The van der Waals surface area contributed by atoms with E-state index in [4.69, 9.17) is 0 Å². The number of nitrogens with one attached hydrogen (secondary N) is 3. The predicted octanol–water partition coefficient (Wildman–Crippen LogP) is -0.507. The Bertz CT molecular complexity index is 187. The number of hydrazine groups is 1. The number of rotatable bonds is 0. The van der Waals surface area contributed by atoms with Crippen LogP contribution in [-0.2, 0) is 0 Å². The summed E-state index contributed by atoms with van der Waals surface area (Å²) in [6, 6.07) is 1.22. The predicted molar refractivity (Wildman–Crippen MR) is 53.2 cm³/mol. The van der Waals surface area contributed by atoms with Crippen molar-refractivity contribution in [2.75, 3.05) is 19.8 Å². The fourth-order valence-corrected chi connectivity index (χ4v) is 1.99. The highest BCUT2D eigenvalue weighted by molar-refractivity contribution is 4.95. The van der Waals surface area contributed by atoms with Crippen LogP contribution in [0.25, 0.3) is 0 Å². The fourth-order valence-electron chi connectivity index (χ4n) is 1.99. The van der Waals surface area contributed by atoms with Crippen LogP contribution in [0.1, 0.15) is 20.8 Å². The molecule has 2 heterocycles. The van der Waals surface area contributed by atoms with Gasteiger partial charge < -0.3 is 0 Å². The third kappa shape index (κ3) is 1.86. The van der Waals surface area contributed by atoms with Crippen LogP contribution in [0.2, 0.25) is 0 Å². The number of fused-ring (bicyclic) bond motifs is 1. The molecule has 2 unspecified atom stereocenters. The SMILES string of the molecule is CC(C)(C)N1CC2NCNC2CN1. The summed E-state index contributed by atoms with van der Waals surface area (Å²) in [5, 5.41) is 9.23. The normalized spacial score (nSPS) is 36.2. The maximum Gasteiger partial charge on any atom is 0.0460 e. The Kier molecular flexibility index (Phi) is 2.32. The first-order valence-corrected chi connectivity index (χ1v) is 5.05. The van der Waals surface area contributed by atoms with Gasteiger partial charge in [-0.25, -0.2) is 5.01 Å². The van der Waals surface area contributed by atoms with E-state index >= 15 is 0 Å². The lowest BCUT2D eigenvalue weighted by Gasteiger charge is -2.43. The van der Waals surface area contributed by atoms with Crippen molar-refractivity contribution in [2.24, 2.45) is 0 Å². The first kappa shape index (κ1) is 9.40. The van der Waals surface area contributed by atoms with Crippen LogP contribution < -0.4 is 16.1 Å². The Morgan fingerprint density at radius 2 is 1.85 bits per heavy atom. The van der Waals surface area contributed by atoms with Gasteiger partial charge in [0.25, 0.3) is 0 Å². The summed E-state index contributed by atoms with van der Waals surface area (Å²) in [7, 11) is 0. The van der Waals surface area contributed by atoms with Crippen molar-refractivity contribution in [2.45, 2.75) is 38.4 Å². The zero-order chi connectivity index (χ0) is 9.47. The molecular weight excluding hydrogens is 164 g/mol. The Balaban J connectivity index is 1.97. The molecule has 0 aromatic heterocycles. The average Bonchev–Trinajstić information content (AvgIpc) is 2.47. The summed E-state index contributed by atoms with van der Waals surface area (Å²) in [6.45, 7) is 9.79. The Morgan fingerprint density at radius 1 is 1.15 bits per heavy atom. The van der Waals surface area contributed by atoms with E-state index in [9.17, 15) is 0 Å². The summed E-state index contributed by atoms with van der Waals surface area (Å²) < 4.78 is 0. The van der Waals surface area contributed by atoms with Crippen molar-refractivity contribution in [3.05, 3.63) is 0 Å². The zero-order valence-corrected chi connectivity index (χ0v) is 8.72. The van der Waals surface area contributed by atoms with Crippen LogP contribution in [0, 0.1) is 0 Å². The van der Waals surface area contributed by atoms with Gasteiger partial charge in [-0.05, 0) is 20.8 Å². The maximum atomic E-state index is 3.47. The van der Waals surface area contributed by atoms with Crippen LogP contribution >= 0.6 is 0 Å². The molecule has 0 aromatic carbocycles. The third-order valence-electron chi connectivity index (χ3n) is 2.91. The molecular formula is C9H20N4. The molecule has 4 heteroatoms. The quantitative estimate of drug-likeness (QED) is 0.474. The lowest BCUT2D eigenvalue weighted by atomic mass is 10.0. The van der Waals surface area contributed by atoms with Gasteiger partial charge in [-0.1, -0.05) is 0 Å². The van der Waals surface area contributed by atoms with Crippen LogP contribution in [0.5, 0.6) is 0 Å². The van der Waals surface area contributed by atoms with Gasteiger partial charge in [-0.2, -0.15) is 0 Å². The summed E-state index contributed by atoms with van der Waals surface area (Å²) in [5.41, 5.74) is 3.68. The highest BCUT2D eigenvalue weighted by atomic mass is 15.6. The summed E-state index contributed by atoms with van der Waals surface area (Å²) in [4.78, 5) is 0. The lowest BCUT2D eigenvalue weighted by molar-refractivity contribution is 0.0329. The highest BCUT2D eigenvalue weighted by Crippen LogP contribution is 2.16. The molecule has 2 rings (SSSR count). The van der Waals surface area contributed by atoms with Crippen molar-refractivity contribution >= 4 is 0 Å². The van der Waals surface area contributed by atoms with Crippen molar-refractivity contribution in [1.29, 1.82) is 0 Å². The van der Waals surface area contributed by atoms with Crippen LogP contribution in [0.15, 0.2) is 0 Å². The topological polar surface area (TPSA) is 39.3 Å². The molecule has 0 spiro atoms. The van der Waals surface area contributed by atoms with Gasteiger partial charge >= 0.3 is 0 Å².